The molecule has 7 nitrogen and oxygen atoms in total. The number of aromatic nitrogens is 3. The standard InChI is InChI=1S/C22H24N4O3S/c1-28-20-8-7-18(15-27)13-19(20)16-30-22-24-23-21(25-9-11-29-12-10-25)26(22)14-17-5-3-2-4-6-17/h2-8,13,15H,9-12,14,16H2,1H3. The van der Waals surface area contributed by atoms with E-state index in [0.717, 1.165) is 41.8 Å². The fourth-order valence-electron chi connectivity index (χ4n) is 3.42. The number of aldehydes is 1. The second-order valence-electron chi connectivity index (χ2n) is 6.93. The predicted molar refractivity (Wildman–Crippen MR) is 117 cm³/mol. The van der Waals surface area contributed by atoms with Crippen molar-refractivity contribution < 1.29 is 14.3 Å². The molecule has 0 spiro atoms. The summed E-state index contributed by atoms with van der Waals surface area (Å²) < 4.78 is 13.1. The summed E-state index contributed by atoms with van der Waals surface area (Å²) in [4.78, 5) is 13.4. The molecular formula is C22H24N4O3S. The summed E-state index contributed by atoms with van der Waals surface area (Å²) in [5.41, 5.74) is 2.77. The zero-order chi connectivity index (χ0) is 20.8. The lowest BCUT2D eigenvalue weighted by Gasteiger charge is -2.28. The van der Waals surface area contributed by atoms with Gasteiger partial charge in [0.15, 0.2) is 5.16 Å². The van der Waals surface area contributed by atoms with Gasteiger partial charge >= 0.3 is 0 Å². The number of benzene rings is 2. The summed E-state index contributed by atoms with van der Waals surface area (Å²) in [7, 11) is 1.64. The first-order valence-corrected chi connectivity index (χ1v) is 10.8. The van der Waals surface area contributed by atoms with Crippen LogP contribution in [0.25, 0.3) is 0 Å². The van der Waals surface area contributed by atoms with Crippen LogP contribution in [-0.2, 0) is 17.0 Å². The molecule has 8 heteroatoms. The minimum absolute atomic E-state index is 0.626. The maximum Gasteiger partial charge on any atom is 0.228 e. The lowest BCUT2D eigenvalue weighted by molar-refractivity contribution is 0.112. The first-order chi connectivity index (χ1) is 14.8. The highest BCUT2D eigenvalue weighted by Gasteiger charge is 2.21. The van der Waals surface area contributed by atoms with Crippen LogP contribution in [-0.4, -0.2) is 54.5 Å². The third-order valence-corrected chi connectivity index (χ3v) is 5.99. The maximum absolute atomic E-state index is 11.2. The molecule has 1 aromatic heterocycles. The normalized spacial score (nSPS) is 14.0. The molecule has 0 bridgehead atoms. The molecule has 0 N–H and O–H groups in total. The van der Waals surface area contributed by atoms with E-state index < -0.39 is 0 Å². The number of methoxy groups -OCH3 is 1. The maximum atomic E-state index is 11.2. The summed E-state index contributed by atoms with van der Waals surface area (Å²) in [6.45, 7) is 3.67. The molecule has 1 fully saturated rings. The fourth-order valence-corrected chi connectivity index (χ4v) is 4.33. The largest absolute Gasteiger partial charge is 0.496 e. The van der Waals surface area contributed by atoms with E-state index >= 15 is 0 Å². The monoisotopic (exact) mass is 424 g/mol. The zero-order valence-corrected chi connectivity index (χ0v) is 17.7. The van der Waals surface area contributed by atoms with Crippen LogP contribution in [0.4, 0.5) is 5.95 Å². The number of hydrogen-bond acceptors (Lipinski definition) is 7. The molecule has 3 aromatic rings. The molecule has 0 amide bonds. The van der Waals surface area contributed by atoms with Crippen LogP contribution in [0, 0.1) is 0 Å². The minimum atomic E-state index is 0.626. The number of anilines is 1. The van der Waals surface area contributed by atoms with Gasteiger partial charge in [0.05, 0.1) is 26.9 Å². The van der Waals surface area contributed by atoms with Gasteiger partial charge in [-0.3, -0.25) is 9.36 Å². The van der Waals surface area contributed by atoms with Crippen LogP contribution >= 0.6 is 11.8 Å². The van der Waals surface area contributed by atoms with Crippen LogP contribution in [0.2, 0.25) is 0 Å². The third-order valence-electron chi connectivity index (χ3n) is 4.97. The second kappa shape index (κ2) is 9.77. The Kier molecular flexibility index (Phi) is 6.66. The van der Waals surface area contributed by atoms with Crippen LogP contribution in [0.5, 0.6) is 5.75 Å². The number of morpholine rings is 1. The minimum Gasteiger partial charge on any atom is -0.496 e. The van der Waals surface area contributed by atoms with E-state index in [1.807, 2.05) is 30.3 Å². The Bertz CT molecular complexity index is 987. The Balaban J connectivity index is 1.61. The topological polar surface area (TPSA) is 69.5 Å². The summed E-state index contributed by atoms with van der Waals surface area (Å²) in [5.74, 6) is 2.25. The molecule has 4 rings (SSSR count). The quantitative estimate of drug-likeness (QED) is 0.406. The van der Waals surface area contributed by atoms with Gasteiger partial charge < -0.3 is 14.4 Å². The number of thioether (sulfide) groups is 1. The number of rotatable bonds is 8. The van der Waals surface area contributed by atoms with E-state index in [1.54, 1.807) is 24.9 Å². The SMILES string of the molecule is COc1ccc(C=O)cc1CSc1nnc(N2CCOCC2)n1Cc1ccccc1. The summed E-state index contributed by atoms with van der Waals surface area (Å²) in [6.07, 6.45) is 0.849. The molecule has 0 unspecified atom stereocenters. The van der Waals surface area contributed by atoms with Crippen molar-refractivity contribution in [2.75, 3.05) is 38.3 Å². The number of carbonyl (C=O) groups excluding carboxylic acids is 1. The van der Waals surface area contributed by atoms with Crippen molar-refractivity contribution in [3.05, 3.63) is 65.2 Å². The Labute approximate surface area is 180 Å². The highest BCUT2D eigenvalue weighted by Crippen LogP contribution is 2.30. The Morgan fingerprint density at radius 1 is 1.13 bits per heavy atom. The first kappa shape index (κ1) is 20.4. The van der Waals surface area contributed by atoms with E-state index in [1.165, 1.54) is 5.56 Å². The van der Waals surface area contributed by atoms with Crippen LogP contribution < -0.4 is 9.64 Å². The predicted octanol–water partition coefficient (Wildman–Crippen LogP) is 3.28. The summed E-state index contributed by atoms with van der Waals surface area (Å²) in [5, 5.41) is 9.82. The zero-order valence-electron chi connectivity index (χ0n) is 16.9. The van der Waals surface area contributed by atoms with Crippen LogP contribution in [0.3, 0.4) is 0 Å². The fraction of sp³-hybridized carbons (Fsp3) is 0.318. The molecule has 0 saturated carbocycles. The van der Waals surface area contributed by atoms with Gasteiger partial charge in [-0.25, -0.2) is 0 Å². The lowest BCUT2D eigenvalue weighted by Crippen LogP contribution is -2.38. The van der Waals surface area contributed by atoms with Crippen molar-refractivity contribution in [3.8, 4) is 5.75 Å². The Morgan fingerprint density at radius 3 is 2.67 bits per heavy atom. The van der Waals surface area contributed by atoms with Crippen molar-refractivity contribution in [1.82, 2.24) is 14.8 Å². The highest BCUT2D eigenvalue weighted by molar-refractivity contribution is 7.98. The van der Waals surface area contributed by atoms with Crippen molar-refractivity contribution in [1.29, 1.82) is 0 Å². The van der Waals surface area contributed by atoms with Crippen LogP contribution in [0.1, 0.15) is 21.5 Å². The molecule has 0 radical (unpaired) electrons. The Hall–Kier alpha value is -2.84. The summed E-state index contributed by atoms with van der Waals surface area (Å²) in [6, 6.07) is 15.7. The van der Waals surface area contributed by atoms with Gasteiger partial charge in [0.1, 0.15) is 12.0 Å². The number of carbonyl (C=O) groups is 1. The van der Waals surface area contributed by atoms with Crippen LogP contribution in [0.15, 0.2) is 53.7 Å². The lowest BCUT2D eigenvalue weighted by atomic mass is 10.1. The van der Waals surface area contributed by atoms with Gasteiger partial charge in [-0.15, -0.1) is 10.2 Å². The molecule has 156 valence electrons. The highest BCUT2D eigenvalue weighted by atomic mass is 32.2. The third kappa shape index (κ3) is 4.66. The molecule has 2 heterocycles. The van der Waals surface area contributed by atoms with Gasteiger partial charge in [-0.2, -0.15) is 0 Å². The molecule has 30 heavy (non-hydrogen) atoms. The van der Waals surface area contributed by atoms with E-state index in [4.69, 9.17) is 9.47 Å². The summed E-state index contributed by atoms with van der Waals surface area (Å²) >= 11 is 1.59. The number of nitrogens with zero attached hydrogens (tertiary/aromatic N) is 4. The van der Waals surface area contributed by atoms with E-state index in [2.05, 4.69) is 31.8 Å². The van der Waals surface area contributed by atoms with Gasteiger partial charge in [-0.05, 0) is 23.8 Å². The molecule has 1 saturated heterocycles. The Morgan fingerprint density at radius 2 is 1.93 bits per heavy atom. The van der Waals surface area contributed by atoms with Gasteiger partial charge in [0, 0.05) is 30.0 Å². The molecule has 0 atom stereocenters. The average Bonchev–Trinajstić information content (AvgIpc) is 3.21. The van der Waals surface area contributed by atoms with Gasteiger partial charge in [0.25, 0.3) is 0 Å². The smallest absolute Gasteiger partial charge is 0.228 e. The molecule has 2 aromatic carbocycles. The van der Waals surface area contributed by atoms with E-state index in [-0.39, 0.29) is 0 Å². The van der Waals surface area contributed by atoms with Crippen molar-refractivity contribution in [3.63, 3.8) is 0 Å². The molecule has 1 aliphatic heterocycles. The van der Waals surface area contributed by atoms with E-state index in [0.29, 0.717) is 31.1 Å². The van der Waals surface area contributed by atoms with Crippen molar-refractivity contribution >= 4 is 24.0 Å². The molecule has 1 aliphatic rings. The van der Waals surface area contributed by atoms with Gasteiger partial charge in [-0.1, -0.05) is 42.1 Å². The van der Waals surface area contributed by atoms with E-state index in [9.17, 15) is 4.79 Å². The van der Waals surface area contributed by atoms with Crippen molar-refractivity contribution in [2.45, 2.75) is 17.5 Å². The number of hydrogen-bond donors (Lipinski definition) is 0. The molecule has 0 aliphatic carbocycles. The second-order valence-corrected chi connectivity index (χ2v) is 7.87. The number of ether oxygens (including phenoxy) is 2. The first-order valence-electron chi connectivity index (χ1n) is 9.83. The van der Waals surface area contributed by atoms with Gasteiger partial charge in [0.2, 0.25) is 5.95 Å². The molecular weight excluding hydrogens is 400 g/mol. The van der Waals surface area contributed by atoms with Crippen molar-refractivity contribution in [2.24, 2.45) is 0 Å². The average molecular weight is 425 g/mol.